The quantitative estimate of drug-likeness (QED) is 0.216. The molecular formula is C23H36IN5O. The molecule has 1 aliphatic rings. The molecule has 6 nitrogen and oxygen atoms in total. The second kappa shape index (κ2) is 13.6. The number of rotatable bonds is 9. The number of oxazole rings is 1. The summed E-state index contributed by atoms with van der Waals surface area (Å²) < 4.78 is 5.60. The van der Waals surface area contributed by atoms with Crippen LogP contribution in [0, 0.1) is 0 Å². The fraction of sp³-hybridized carbons (Fsp3) is 0.565. The number of hydrogen-bond acceptors (Lipinski definition) is 4. The normalized spacial score (nSPS) is 17.4. The number of nitrogens with one attached hydrogen (secondary N) is 2. The van der Waals surface area contributed by atoms with E-state index in [0.29, 0.717) is 12.4 Å². The number of guanidine groups is 1. The van der Waals surface area contributed by atoms with Gasteiger partial charge in [-0.1, -0.05) is 24.6 Å². The molecule has 1 aliphatic heterocycles. The van der Waals surface area contributed by atoms with Gasteiger partial charge in [-0.15, -0.1) is 24.0 Å². The van der Waals surface area contributed by atoms with Gasteiger partial charge >= 0.3 is 0 Å². The van der Waals surface area contributed by atoms with Gasteiger partial charge in [0.25, 0.3) is 0 Å². The molecule has 166 valence electrons. The summed E-state index contributed by atoms with van der Waals surface area (Å²) in [6.07, 6.45) is 8.16. The molecule has 1 unspecified atom stereocenters. The maximum absolute atomic E-state index is 5.60. The van der Waals surface area contributed by atoms with Gasteiger partial charge in [0.05, 0.1) is 6.54 Å². The molecule has 2 N–H and O–H groups in total. The van der Waals surface area contributed by atoms with Crippen LogP contribution in [0.15, 0.2) is 46.0 Å². The van der Waals surface area contributed by atoms with Gasteiger partial charge in [0.15, 0.2) is 5.96 Å². The molecular weight excluding hydrogens is 489 g/mol. The van der Waals surface area contributed by atoms with Crippen LogP contribution < -0.4 is 10.6 Å². The first-order valence-corrected chi connectivity index (χ1v) is 11.0. The summed E-state index contributed by atoms with van der Waals surface area (Å²) in [5.74, 6) is 1.48. The van der Waals surface area contributed by atoms with E-state index in [4.69, 9.17) is 4.42 Å². The number of aliphatic imine (C=N–C) groups is 1. The van der Waals surface area contributed by atoms with Crippen molar-refractivity contribution in [2.24, 2.45) is 4.99 Å². The van der Waals surface area contributed by atoms with Crippen molar-refractivity contribution >= 4 is 29.9 Å². The van der Waals surface area contributed by atoms with Crippen LogP contribution >= 0.6 is 24.0 Å². The van der Waals surface area contributed by atoms with Gasteiger partial charge in [0, 0.05) is 24.7 Å². The first kappa shape index (κ1) is 24.7. The lowest BCUT2D eigenvalue weighted by Crippen LogP contribution is -2.39. The molecule has 3 rings (SSSR count). The van der Waals surface area contributed by atoms with Gasteiger partial charge < -0.3 is 20.0 Å². The van der Waals surface area contributed by atoms with Crippen molar-refractivity contribution in [1.29, 1.82) is 0 Å². The Morgan fingerprint density at radius 2 is 2.03 bits per heavy atom. The molecule has 0 saturated carbocycles. The Morgan fingerprint density at radius 3 is 2.80 bits per heavy atom. The van der Waals surface area contributed by atoms with Crippen molar-refractivity contribution < 1.29 is 4.42 Å². The van der Waals surface area contributed by atoms with Crippen LogP contribution in [0.5, 0.6) is 0 Å². The third-order valence-corrected chi connectivity index (χ3v) is 5.42. The minimum atomic E-state index is 0. The summed E-state index contributed by atoms with van der Waals surface area (Å²) in [5.41, 5.74) is 1.82. The van der Waals surface area contributed by atoms with Crippen LogP contribution in [0.2, 0.25) is 0 Å². The first-order valence-electron chi connectivity index (χ1n) is 11.0. The summed E-state index contributed by atoms with van der Waals surface area (Å²) in [7, 11) is 0. The number of unbranched alkanes of at least 4 members (excludes halogenated alkanes) is 1. The van der Waals surface area contributed by atoms with E-state index < -0.39 is 0 Å². The maximum atomic E-state index is 5.60. The minimum Gasteiger partial charge on any atom is -0.444 e. The van der Waals surface area contributed by atoms with E-state index in [1.54, 1.807) is 6.26 Å². The van der Waals surface area contributed by atoms with Gasteiger partial charge in [0.1, 0.15) is 12.0 Å². The molecule has 0 radical (unpaired) electrons. The molecule has 2 heterocycles. The lowest BCUT2D eigenvalue weighted by atomic mass is 10.0. The fourth-order valence-electron chi connectivity index (χ4n) is 3.73. The lowest BCUT2D eigenvalue weighted by Gasteiger charge is -2.33. The minimum absolute atomic E-state index is 0. The molecule has 0 bridgehead atoms. The zero-order valence-electron chi connectivity index (χ0n) is 18.3. The number of piperidine rings is 1. The fourth-order valence-corrected chi connectivity index (χ4v) is 3.73. The average molecular weight is 525 g/mol. The molecule has 1 atom stereocenters. The predicted octanol–water partition coefficient (Wildman–Crippen LogP) is 4.67. The number of hydrogen-bond donors (Lipinski definition) is 2. The molecule has 7 heteroatoms. The Bertz CT molecular complexity index is 749. The Hall–Kier alpha value is -1.61. The maximum Gasteiger partial charge on any atom is 0.226 e. The molecule has 1 aromatic heterocycles. The Kier molecular flexibility index (Phi) is 11.2. The topological polar surface area (TPSA) is 65.7 Å². The second-order valence-corrected chi connectivity index (χ2v) is 7.72. The molecule has 0 amide bonds. The molecule has 1 saturated heterocycles. The van der Waals surface area contributed by atoms with Crippen LogP contribution in [0.4, 0.5) is 0 Å². The summed E-state index contributed by atoms with van der Waals surface area (Å²) in [5, 5.41) is 6.75. The third kappa shape index (κ3) is 7.91. The highest BCUT2D eigenvalue weighted by Gasteiger charge is 2.17. The second-order valence-electron chi connectivity index (χ2n) is 7.72. The Labute approximate surface area is 198 Å². The van der Waals surface area contributed by atoms with E-state index in [1.807, 2.05) is 30.3 Å². The van der Waals surface area contributed by atoms with E-state index in [1.165, 1.54) is 38.8 Å². The van der Waals surface area contributed by atoms with Gasteiger partial charge in [-0.25, -0.2) is 9.98 Å². The summed E-state index contributed by atoms with van der Waals surface area (Å²) in [6, 6.07) is 10.7. The van der Waals surface area contributed by atoms with E-state index in [9.17, 15) is 0 Å². The number of halogens is 1. The molecule has 1 aromatic carbocycles. The molecule has 2 aromatic rings. The molecule has 30 heavy (non-hydrogen) atoms. The zero-order valence-corrected chi connectivity index (χ0v) is 20.6. The standard InChI is InChI=1S/C23H35N5O.HI/c1-3-24-23(25-14-8-10-16-28-15-9-7-11-19(28)2)26-17-21-18-29-22(27-21)20-12-5-4-6-13-20;/h4-6,12-13,18-19H,3,7-11,14-17H2,1-2H3,(H2,24,25,26);1H. The van der Waals surface area contributed by atoms with E-state index in [0.717, 1.165) is 42.8 Å². The Morgan fingerprint density at radius 1 is 1.20 bits per heavy atom. The van der Waals surface area contributed by atoms with Crippen molar-refractivity contribution in [2.75, 3.05) is 26.2 Å². The molecule has 1 fully saturated rings. The highest BCUT2D eigenvalue weighted by molar-refractivity contribution is 14.0. The zero-order chi connectivity index (χ0) is 20.3. The van der Waals surface area contributed by atoms with Crippen LogP contribution in [0.1, 0.15) is 51.6 Å². The smallest absolute Gasteiger partial charge is 0.226 e. The first-order chi connectivity index (χ1) is 14.3. The van der Waals surface area contributed by atoms with Gasteiger partial charge in [0.2, 0.25) is 5.89 Å². The van der Waals surface area contributed by atoms with Crippen molar-refractivity contribution in [3.8, 4) is 11.5 Å². The highest BCUT2D eigenvalue weighted by Crippen LogP contribution is 2.18. The summed E-state index contributed by atoms with van der Waals surface area (Å²) in [6.45, 7) is 9.18. The van der Waals surface area contributed by atoms with Gasteiger partial charge in [-0.05, 0) is 64.8 Å². The molecule has 0 spiro atoms. The van der Waals surface area contributed by atoms with Crippen molar-refractivity contribution in [3.63, 3.8) is 0 Å². The third-order valence-electron chi connectivity index (χ3n) is 5.42. The number of aromatic nitrogens is 1. The van der Waals surface area contributed by atoms with Gasteiger partial charge in [-0.2, -0.15) is 0 Å². The summed E-state index contributed by atoms with van der Waals surface area (Å²) in [4.78, 5) is 11.8. The van der Waals surface area contributed by atoms with Crippen LogP contribution in [-0.4, -0.2) is 48.1 Å². The van der Waals surface area contributed by atoms with Crippen molar-refractivity contribution in [3.05, 3.63) is 42.3 Å². The highest BCUT2D eigenvalue weighted by atomic mass is 127. The lowest BCUT2D eigenvalue weighted by molar-refractivity contribution is 0.158. The summed E-state index contributed by atoms with van der Waals surface area (Å²) >= 11 is 0. The van der Waals surface area contributed by atoms with Gasteiger partial charge in [-0.3, -0.25) is 0 Å². The monoisotopic (exact) mass is 525 g/mol. The average Bonchev–Trinajstić information content (AvgIpc) is 3.23. The van der Waals surface area contributed by atoms with Crippen molar-refractivity contribution in [2.45, 2.75) is 58.5 Å². The van der Waals surface area contributed by atoms with E-state index >= 15 is 0 Å². The largest absolute Gasteiger partial charge is 0.444 e. The SMILES string of the molecule is CCNC(=NCc1coc(-c2ccccc2)n1)NCCCCN1CCCCC1C.I. The number of benzene rings is 1. The van der Waals surface area contributed by atoms with Crippen LogP contribution in [0.3, 0.4) is 0 Å². The number of likely N-dealkylation sites (tertiary alicyclic amines) is 1. The Balaban J connectivity index is 0.00000320. The van der Waals surface area contributed by atoms with E-state index in [-0.39, 0.29) is 24.0 Å². The molecule has 0 aliphatic carbocycles. The van der Waals surface area contributed by atoms with E-state index in [2.05, 4.69) is 39.4 Å². The van der Waals surface area contributed by atoms with Crippen LogP contribution in [0.25, 0.3) is 11.5 Å². The van der Waals surface area contributed by atoms with Crippen molar-refractivity contribution in [1.82, 2.24) is 20.5 Å². The van der Waals surface area contributed by atoms with Crippen LogP contribution in [-0.2, 0) is 6.54 Å². The predicted molar refractivity (Wildman–Crippen MR) is 134 cm³/mol. The number of nitrogens with zero attached hydrogens (tertiary/aromatic N) is 3.